The number of hydrogen-bond donors (Lipinski definition) is 0. The summed E-state index contributed by atoms with van der Waals surface area (Å²) in [5, 5.41) is 5.96. The molecule has 56 heavy (non-hydrogen) atoms. The fraction of sp³-hybridized carbons (Fsp3) is 0.412. The predicted molar refractivity (Wildman–Crippen MR) is 240 cm³/mol. The highest BCUT2D eigenvalue weighted by Gasteiger charge is 2.52. The van der Waals surface area contributed by atoms with Gasteiger partial charge in [-0.25, -0.2) is 0 Å². The van der Waals surface area contributed by atoms with Gasteiger partial charge in [0.15, 0.2) is 5.42 Å². The van der Waals surface area contributed by atoms with Crippen molar-refractivity contribution in [2.45, 2.75) is 128 Å². The van der Waals surface area contributed by atoms with Gasteiger partial charge in [0.1, 0.15) is 5.58 Å². The fourth-order valence-electron chi connectivity index (χ4n) is 11.0. The molecule has 11 rings (SSSR count). The Morgan fingerprint density at radius 3 is 2.43 bits per heavy atom. The number of fused-ring (bicyclic) bond motifs is 12. The van der Waals surface area contributed by atoms with Gasteiger partial charge in [-0.05, 0) is 112 Å². The summed E-state index contributed by atoms with van der Waals surface area (Å²) >= 11 is 2.12. The van der Waals surface area contributed by atoms with Crippen molar-refractivity contribution in [1.82, 2.24) is 9.47 Å². The van der Waals surface area contributed by atoms with Crippen LogP contribution in [0.4, 0.5) is 0 Å². The van der Waals surface area contributed by atoms with Gasteiger partial charge < -0.3 is 13.9 Å². The van der Waals surface area contributed by atoms with Gasteiger partial charge in [-0.1, -0.05) is 136 Å². The third kappa shape index (κ3) is 4.85. The van der Waals surface area contributed by atoms with E-state index in [0.717, 1.165) is 43.1 Å². The zero-order valence-electron chi connectivity index (χ0n) is 35.0. The van der Waals surface area contributed by atoms with E-state index in [9.17, 15) is 0 Å². The highest BCUT2D eigenvalue weighted by atomic mass is 32.2. The van der Waals surface area contributed by atoms with E-state index in [1.165, 1.54) is 76.9 Å². The zero-order valence-corrected chi connectivity index (χ0v) is 35.8. The van der Waals surface area contributed by atoms with Crippen LogP contribution in [0.2, 0.25) is 5.82 Å². The molecule has 2 aromatic carbocycles. The van der Waals surface area contributed by atoms with E-state index in [1.54, 1.807) is 11.2 Å². The highest BCUT2D eigenvalue weighted by Crippen LogP contribution is 2.59. The average Bonchev–Trinajstić information content (AvgIpc) is 3.81. The molecule has 7 aliphatic rings. The molecule has 4 aromatic rings. The van der Waals surface area contributed by atoms with Gasteiger partial charge in [-0.2, -0.15) is 0 Å². The maximum absolute atomic E-state index is 7.11. The number of aromatic nitrogens is 1. The first-order valence-electron chi connectivity index (χ1n) is 21.3. The van der Waals surface area contributed by atoms with Crippen LogP contribution in [0.25, 0.3) is 44.9 Å². The van der Waals surface area contributed by atoms with Gasteiger partial charge in [0.05, 0.1) is 10.7 Å². The van der Waals surface area contributed by atoms with Gasteiger partial charge in [-0.3, -0.25) is 0 Å². The number of benzene rings is 2. The second-order valence-corrected chi connectivity index (χ2v) is 22.0. The number of allylic oxidation sites excluding steroid dienone is 10. The van der Waals surface area contributed by atoms with E-state index in [-0.39, 0.29) is 23.0 Å². The molecule has 3 nitrogen and oxygen atoms in total. The van der Waals surface area contributed by atoms with Crippen molar-refractivity contribution in [2.75, 3.05) is 0 Å². The molecule has 3 atom stereocenters. The molecule has 3 unspecified atom stereocenters. The lowest BCUT2D eigenvalue weighted by Crippen LogP contribution is -2.53. The van der Waals surface area contributed by atoms with E-state index >= 15 is 0 Å². The molecule has 0 saturated carbocycles. The maximum atomic E-state index is 7.11. The first-order valence-corrected chi connectivity index (χ1v) is 22.2. The summed E-state index contributed by atoms with van der Waals surface area (Å²) in [5.74, 6) is 0.730. The SMILES string of the molecule is CC1C=C2C3=C(C1)n1c4c(c5cc(C(C)(C)C)cc(c51)B3C1CC=C(C(C)(C)C)C=C1N2C1=c2oc3cc(C(C)(C)C)ccc3c2=CCC1)C1=CC=CCC1S4. The largest absolute Gasteiger partial charge is 0.454 e. The van der Waals surface area contributed by atoms with E-state index in [2.05, 4.69) is 163 Å². The second kappa shape index (κ2) is 11.5. The van der Waals surface area contributed by atoms with Gasteiger partial charge >= 0.3 is 0 Å². The Bertz CT molecular complexity index is 2790. The van der Waals surface area contributed by atoms with Gasteiger partial charge in [0.2, 0.25) is 6.71 Å². The van der Waals surface area contributed by atoms with Crippen LogP contribution < -0.4 is 16.1 Å². The minimum atomic E-state index is 0.0321. The van der Waals surface area contributed by atoms with Crippen molar-refractivity contribution >= 4 is 68.9 Å². The molecule has 5 heterocycles. The van der Waals surface area contributed by atoms with Crippen molar-refractivity contribution in [2.24, 2.45) is 11.3 Å². The molecule has 0 radical (unpaired) electrons. The summed E-state index contributed by atoms with van der Waals surface area (Å²) in [6, 6.07) is 12.2. The Labute approximate surface area is 337 Å². The lowest BCUT2D eigenvalue weighted by atomic mass is 9.28. The molecule has 0 amide bonds. The van der Waals surface area contributed by atoms with Crippen molar-refractivity contribution in [3.8, 4) is 0 Å². The fourth-order valence-corrected chi connectivity index (χ4v) is 12.5. The first-order chi connectivity index (χ1) is 26.6. The number of furan rings is 1. The van der Waals surface area contributed by atoms with Crippen LogP contribution in [-0.4, -0.2) is 21.4 Å². The Hall–Kier alpha value is -4.09. The molecule has 3 aliphatic heterocycles. The molecule has 1 fully saturated rings. The molecule has 284 valence electrons. The van der Waals surface area contributed by atoms with Crippen LogP contribution in [0.5, 0.6) is 0 Å². The van der Waals surface area contributed by atoms with Crippen LogP contribution >= 0.6 is 11.8 Å². The quantitative estimate of drug-likeness (QED) is 0.181. The Kier molecular flexibility index (Phi) is 7.22. The summed E-state index contributed by atoms with van der Waals surface area (Å²) in [6.07, 6.45) is 22.5. The van der Waals surface area contributed by atoms with E-state index in [1.807, 2.05) is 0 Å². The van der Waals surface area contributed by atoms with Gasteiger partial charge in [0.25, 0.3) is 0 Å². The van der Waals surface area contributed by atoms with Crippen LogP contribution in [0.15, 0.2) is 98.7 Å². The summed E-state index contributed by atoms with van der Waals surface area (Å²) in [6.45, 7) is 24.0. The second-order valence-electron chi connectivity index (χ2n) is 20.8. The maximum Gasteiger partial charge on any atom is 0.226 e. The standard InChI is InChI=1S/C51H55BN2OS/c1-28-22-40-45-41(23-28)54-46-35(44-34-14-11-12-17-43(34)56-48(44)54)24-31(51(8,9)10)25-37(46)52(45)36-21-19-29(49(2,3)4)26-39(36)53(40)38-16-13-15-33-32-20-18-30(50(5,6)7)27-42(32)55-47(33)38/h11-12,14-15,18-20,22,24-28,36,43H,13,16-17,21,23H2,1-10H3. The van der Waals surface area contributed by atoms with Crippen molar-refractivity contribution in [3.63, 3.8) is 0 Å². The van der Waals surface area contributed by atoms with E-state index < -0.39 is 0 Å². The van der Waals surface area contributed by atoms with Crippen molar-refractivity contribution < 1.29 is 4.42 Å². The van der Waals surface area contributed by atoms with Crippen molar-refractivity contribution in [1.29, 1.82) is 0 Å². The molecule has 0 spiro atoms. The predicted octanol–water partition coefficient (Wildman–Crippen LogP) is 11.5. The summed E-state index contributed by atoms with van der Waals surface area (Å²) in [5.41, 5.74) is 19.8. The molecule has 4 aliphatic carbocycles. The molecule has 0 bridgehead atoms. The summed E-state index contributed by atoms with van der Waals surface area (Å²) in [4.78, 5) is 2.75. The summed E-state index contributed by atoms with van der Waals surface area (Å²) < 4.78 is 9.90. The van der Waals surface area contributed by atoms with Crippen LogP contribution in [0.3, 0.4) is 0 Å². The van der Waals surface area contributed by atoms with E-state index in [0.29, 0.717) is 17.0 Å². The lowest BCUT2D eigenvalue weighted by Gasteiger charge is -2.50. The zero-order chi connectivity index (χ0) is 38.8. The molecular formula is C51H55BN2OS. The monoisotopic (exact) mass is 754 g/mol. The number of thioether (sulfide) groups is 1. The number of rotatable bonds is 1. The molecule has 5 heteroatoms. The average molecular weight is 755 g/mol. The minimum absolute atomic E-state index is 0.0321. The van der Waals surface area contributed by atoms with Crippen LogP contribution in [0.1, 0.15) is 118 Å². The third-order valence-corrected chi connectivity index (χ3v) is 15.3. The van der Waals surface area contributed by atoms with Crippen molar-refractivity contribution in [3.05, 3.63) is 117 Å². The minimum Gasteiger partial charge on any atom is -0.454 e. The normalized spacial score (nSPS) is 24.0. The molecule has 0 N–H and O–H groups in total. The smallest absolute Gasteiger partial charge is 0.226 e. The first kappa shape index (κ1) is 35.1. The number of hydrogen-bond acceptors (Lipinski definition) is 3. The molecule has 1 saturated heterocycles. The molecule has 2 aromatic heterocycles. The van der Waals surface area contributed by atoms with Crippen LogP contribution in [0, 0.1) is 11.3 Å². The highest BCUT2D eigenvalue weighted by molar-refractivity contribution is 8.00. The number of nitrogens with zero attached hydrogens (tertiary/aromatic N) is 2. The van der Waals surface area contributed by atoms with Gasteiger partial charge in [-0.15, -0.1) is 0 Å². The lowest BCUT2D eigenvalue weighted by molar-refractivity contribution is 0.471. The topological polar surface area (TPSA) is 21.3 Å². The Balaban J connectivity index is 1.23. The Morgan fingerprint density at radius 1 is 0.857 bits per heavy atom. The van der Waals surface area contributed by atoms with Gasteiger partial charge in [0, 0.05) is 49.4 Å². The Morgan fingerprint density at radius 2 is 1.66 bits per heavy atom. The summed E-state index contributed by atoms with van der Waals surface area (Å²) in [7, 11) is 0. The third-order valence-electron chi connectivity index (χ3n) is 13.9. The van der Waals surface area contributed by atoms with E-state index in [4.69, 9.17) is 4.42 Å². The molecular weight excluding hydrogens is 699 g/mol. The van der Waals surface area contributed by atoms with Crippen LogP contribution in [-0.2, 0) is 10.8 Å².